The minimum atomic E-state index is -0.0311. The van der Waals surface area contributed by atoms with E-state index in [0.717, 1.165) is 38.8 Å². The minimum Gasteiger partial charge on any atom is -0.376 e. The van der Waals surface area contributed by atoms with Crippen LogP contribution < -0.4 is 10.6 Å². The number of hydrogen-bond acceptors (Lipinski definition) is 3. The van der Waals surface area contributed by atoms with Crippen LogP contribution in [0.3, 0.4) is 0 Å². The molecule has 2 N–H and O–H groups in total. The predicted molar refractivity (Wildman–Crippen MR) is 97.3 cm³/mol. The molecule has 3 saturated heterocycles. The summed E-state index contributed by atoms with van der Waals surface area (Å²) in [5.41, 5.74) is 1.39. The van der Waals surface area contributed by atoms with Gasteiger partial charge in [0.1, 0.15) is 0 Å². The van der Waals surface area contributed by atoms with Gasteiger partial charge in [-0.2, -0.15) is 0 Å². The summed E-state index contributed by atoms with van der Waals surface area (Å²) >= 11 is 0. The molecular weight excluding hydrogens is 314 g/mol. The Balaban J connectivity index is 1.25. The van der Waals surface area contributed by atoms with Gasteiger partial charge in [-0.1, -0.05) is 30.3 Å². The molecule has 3 aliphatic heterocycles. The smallest absolute Gasteiger partial charge is 0.315 e. The molecule has 25 heavy (non-hydrogen) atoms. The van der Waals surface area contributed by atoms with Gasteiger partial charge in [0, 0.05) is 37.8 Å². The van der Waals surface area contributed by atoms with Crippen molar-refractivity contribution in [2.75, 3.05) is 13.2 Å². The average Bonchev–Trinajstić information content (AvgIpc) is 3.21. The van der Waals surface area contributed by atoms with Crippen LogP contribution in [0.25, 0.3) is 0 Å². The first-order valence-electron chi connectivity index (χ1n) is 9.73. The molecule has 4 atom stereocenters. The third-order valence-corrected chi connectivity index (χ3v) is 5.94. The molecule has 3 fully saturated rings. The Morgan fingerprint density at radius 2 is 1.88 bits per heavy atom. The highest BCUT2D eigenvalue weighted by molar-refractivity contribution is 5.74. The summed E-state index contributed by atoms with van der Waals surface area (Å²) < 4.78 is 5.56. The molecule has 4 rings (SSSR count). The largest absolute Gasteiger partial charge is 0.376 e. The number of amides is 2. The fourth-order valence-corrected chi connectivity index (χ4v) is 4.69. The Kier molecular flexibility index (Phi) is 5.22. The number of carbonyl (C=O) groups is 1. The normalized spacial score (nSPS) is 31.8. The van der Waals surface area contributed by atoms with Crippen LogP contribution in [-0.2, 0) is 11.3 Å². The highest BCUT2D eigenvalue weighted by Crippen LogP contribution is 2.36. The molecule has 5 heteroatoms. The fourth-order valence-electron chi connectivity index (χ4n) is 4.69. The van der Waals surface area contributed by atoms with Crippen molar-refractivity contribution < 1.29 is 9.53 Å². The maximum absolute atomic E-state index is 12.2. The molecule has 2 amide bonds. The molecule has 0 spiro atoms. The van der Waals surface area contributed by atoms with Gasteiger partial charge >= 0.3 is 6.03 Å². The number of nitrogens with one attached hydrogen (secondary N) is 2. The molecule has 3 aliphatic rings. The molecule has 0 radical (unpaired) electrons. The Morgan fingerprint density at radius 1 is 1.12 bits per heavy atom. The van der Waals surface area contributed by atoms with Crippen molar-refractivity contribution in [1.82, 2.24) is 15.5 Å². The number of rotatable bonds is 5. The molecule has 2 bridgehead atoms. The molecule has 3 heterocycles. The highest BCUT2D eigenvalue weighted by atomic mass is 16.5. The van der Waals surface area contributed by atoms with Crippen LogP contribution >= 0.6 is 0 Å². The van der Waals surface area contributed by atoms with Crippen LogP contribution in [0, 0.1) is 0 Å². The molecule has 5 nitrogen and oxygen atoms in total. The van der Waals surface area contributed by atoms with Crippen LogP contribution in [0.1, 0.15) is 44.1 Å². The van der Waals surface area contributed by atoms with Gasteiger partial charge in [-0.3, -0.25) is 4.90 Å². The van der Waals surface area contributed by atoms with Gasteiger partial charge in [0.25, 0.3) is 0 Å². The van der Waals surface area contributed by atoms with Crippen molar-refractivity contribution in [2.45, 2.75) is 69.3 Å². The number of fused-ring (bicyclic) bond motifs is 2. The van der Waals surface area contributed by atoms with E-state index in [0.29, 0.717) is 24.7 Å². The third kappa shape index (κ3) is 4.15. The number of benzene rings is 1. The minimum absolute atomic E-state index is 0.0311. The number of piperidine rings is 1. The monoisotopic (exact) mass is 343 g/mol. The first-order chi connectivity index (χ1) is 12.3. The highest BCUT2D eigenvalue weighted by Gasteiger charge is 2.40. The maximum atomic E-state index is 12.2. The van der Waals surface area contributed by atoms with E-state index in [1.807, 2.05) is 0 Å². The number of hydrogen-bond donors (Lipinski definition) is 2. The van der Waals surface area contributed by atoms with E-state index in [4.69, 9.17) is 4.74 Å². The lowest BCUT2D eigenvalue weighted by Gasteiger charge is -2.39. The molecule has 0 saturated carbocycles. The van der Waals surface area contributed by atoms with Gasteiger partial charge < -0.3 is 15.4 Å². The van der Waals surface area contributed by atoms with Crippen LogP contribution in [0.2, 0.25) is 0 Å². The van der Waals surface area contributed by atoms with Crippen LogP contribution in [0.4, 0.5) is 4.79 Å². The second kappa shape index (κ2) is 7.75. The Hall–Kier alpha value is -1.59. The third-order valence-electron chi connectivity index (χ3n) is 5.94. The average molecular weight is 343 g/mol. The van der Waals surface area contributed by atoms with Gasteiger partial charge in [-0.05, 0) is 44.1 Å². The molecular formula is C20H29N3O2. The van der Waals surface area contributed by atoms with Gasteiger partial charge in [0.15, 0.2) is 0 Å². The summed E-state index contributed by atoms with van der Waals surface area (Å²) in [7, 11) is 0. The second-order valence-corrected chi connectivity index (χ2v) is 7.70. The van der Waals surface area contributed by atoms with E-state index in [9.17, 15) is 4.79 Å². The zero-order chi connectivity index (χ0) is 17.1. The zero-order valence-electron chi connectivity index (χ0n) is 14.8. The van der Waals surface area contributed by atoms with Crippen molar-refractivity contribution >= 4 is 6.03 Å². The predicted octanol–water partition coefficient (Wildman–Crippen LogP) is 2.66. The summed E-state index contributed by atoms with van der Waals surface area (Å²) in [6.07, 6.45) is 7.02. The summed E-state index contributed by atoms with van der Waals surface area (Å²) in [5.74, 6) is 0. The van der Waals surface area contributed by atoms with Crippen molar-refractivity contribution in [1.29, 1.82) is 0 Å². The van der Waals surface area contributed by atoms with E-state index in [2.05, 4.69) is 45.9 Å². The van der Waals surface area contributed by atoms with E-state index in [-0.39, 0.29) is 12.1 Å². The zero-order valence-corrected chi connectivity index (χ0v) is 14.8. The topological polar surface area (TPSA) is 53.6 Å². The van der Waals surface area contributed by atoms with E-state index < -0.39 is 0 Å². The molecule has 0 aromatic heterocycles. The second-order valence-electron chi connectivity index (χ2n) is 7.70. The molecule has 1 aromatic rings. The lowest BCUT2D eigenvalue weighted by Crippen LogP contribution is -2.52. The van der Waals surface area contributed by atoms with Crippen LogP contribution in [0.15, 0.2) is 30.3 Å². The van der Waals surface area contributed by atoms with E-state index in [1.165, 1.54) is 18.4 Å². The van der Waals surface area contributed by atoms with Crippen molar-refractivity contribution in [3.8, 4) is 0 Å². The van der Waals surface area contributed by atoms with Crippen molar-refractivity contribution in [3.05, 3.63) is 35.9 Å². The van der Waals surface area contributed by atoms with Crippen molar-refractivity contribution in [2.24, 2.45) is 0 Å². The molecule has 1 aromatic carbocycles. The molecule has 1 unspecified atom stereocenters. The summed E-state index contributed by atoms with van der Waals surface area (Å²) in [5, 5.41) is 6.18. The van der Waals surface area contributed by atoms with Crippen molar-refractivity contribution in [3.63, 3.8) is 0 Å². The molecule has 0 aliphatic carbocycles. The molecule has 136 valence electrons. The number of urea groups is 1. The number of carbonyl (C=O) groups excluding carboxylic acids is 1. The lowest BCUT2D eigenvalue weighted by molar-refractivity contribution is 0.105. The SMILES string of the molecule is O=C(NC[C@H]1CCCO1)NC1C[C@H]2CC[C@@H](C1)N2Cc1ccccc1. The summed E-state index contributed by atoms with van der Waals surface area (Å²) in [4.78, 5) is 14.8. The van der Waals surface area contributed by atoms with Crippen LogP contribution in [0.5, 0.6) is 0 Å². The van der Waals surface area contributed by atoms with E-state index in [1.54, 1.807) is 0 Å². The number of nitrogens with zero attached hydrogens (tertiary/aromatic N) is 1. The summed E-state index contributed by atoms with van der Waals surface area (Å²) in [6, 6.07) is 12.2. The Labute approximate surface area is 150 Å². The Morgan fingerprint density at radius 3 is 2.56 bits per heavy atom. The Bertz CT molecular complexity index is 560. The van der Waals surface area contributed by atoms with Gasteiger partial charge in [-0.15, -0.1) is 0 Å². The standard InChI is InChI=1S/C20H29N3O2/c24-20(21-13-19-7-4-10-25-19)22-16-11-17-8-9-18(12-16)23(17)14-15-5-2-1-3-6-15/h1-3,5-6,16-19H,4,7-14H2,(H2,21,22,24)/t16?,17-,18+,19-/m1/s1. The van der Waals surface area contributed by atoms with Gasteiger partial charge in [-0.25, -0.2) is 4.79 Å². The van der Waals surface area contributed by atoms with Gasteiger partial charge in [0.2, 0.25) is 0 Å². The quantitative estimate of drug-likeness (QED) is 0.864. The fraction of sp³-hybridized carbons (Fsp3) is 0.650. The maximum Gasteiger partial charge on any atom is 0.315 e. The number of ether oxygens (including phenoxy) is 1. The van der Waals surface area contributed by atoms with E-state index >= 15 is 0 Å². The van der Waals surface area contributed by atoms with Gasteiger partial charge in [0.05, 0.1) is 6.10 Å². The first-order valence-corrected chi connectivity index (χ1v) is 9.73. The summed E-state index contributed by atoms with van der Waals surface area (Å²) in [6.45, 7) is 2.50. The first kappa shape index (κ1) is 16.9. The lowest BCUT2D eigenvalue weighted by atomic mass is 9.96. The van der Waals surface area contributed by atoms with Crippen LogP contribution in [-0.4, -0.2) is 48.3 Å².